The molecule has 1 fully saturated rings. The van der Waals surface area contributed by atoms with Gasteiger partial charge in [-0.1, -0.05) is 0 Å². The van der Waals surface area contributed by atoms with Gasteiger partial charge < -0.3 is 16.4 Å². The monoisotopic (exact) mass is 358 g/mol. The second-order valence-electron chi connectivity index (χ2n) is 6.20. The lowest BCUT2D eigenvalue weighted by Crippen LogP contribution is -2.25. The molecule has 3 heterocycles. The standard InChI is InChI=1S/C17H16F2N6O/c18-9-3-4-11(19)10(8-9)12-2-1-6-24(12)13-5-7-25-17(22-13)14(16(21)26)15(20)23-25/h3-5,7-8,12H,1-2,6H2,(H2,20,23)(H2,21,26). The van der Waals surface area contributed by atoms with Gasteiger partial charge in [0.05, 0.1) is 6.04 Å². The molecule has 0 radical (unpaired) electrons. The minimum atomic E-state index is -0.726. The number of rotatable bonds is 3. The molecule has 1 aliphatic rings. The maximum atomic E-state index is 14.2. The lowest BCUT2D eigenvalue weighted by molar-refractivity contribution is 0.100. The maximum absolute atomic E-state index is 14.2. The van der Waals surface area contributed by atoms with E-state index >= 15 is 0 Å². The van der Waals surface area contributed by atoms with Crippen molar-refractivity contribution in [2.45, 2.75) is 18.9 Å². The highest BCUT2D eigenvalue weighted by Gasteiger charge is 2.30. The lowest BCUT2D eigenvalue weighted by Gasteiger charge is -2.26. The number of nitrogen functional groups attached to an aromatic ring is 1. The van der Waals surface area contributed by atoms with Gasteiger partial charge in [-0.25, -0.2) is 18.3 Å². The van der Waals surface area contributed by atoms with E-state index in [0.717, 1.165) is 18.6 Å². The third-order valence-electron chi connectivity index (χ3n) is 4.61. The third-order valence-corrected chi connectivity index (χ3v) is 4.61. The zero-order valence-corrected chi connectivity index (χ0v) is 13.7. The fourth-order valence-electron chi connectivity index (χ4n) is 3.47. The molecule has 1 unspecified atom stereocenters. The predicted molar refractivity (Wildman–Crippen MR) is 91.6 cm³/mol. The Morgan fingerprint density at radius 3 is 2.85 bits per heavy atom. The molecule has 3 aromatic rings. The number of carbonyl (C=O) groups excluding carboxylic acids is 1. The van der Waals surface area contributed by atoms with E-state index < -0.39 is 17.5 Å². The van der Waals surface area contributed by atoms with Crippen LogP contribution in [0.3, 0.4) is 0 Å². The van der Waals surface area contributed by atoms with Crippen LogP contribution in [0.25, 0.3) is 5.65 Å². The third kappa shape index (κ3) is 2.52. The van der Waals surface area contributed by atoms with E-state index in [1.165, 1.54) is 10.6 Å². The summed E-state index contributed by atoms with van der Waals surface area (Å²) in [6.45, 7) is 0.624. The number of hydrogen-bond donors (Lipinski definition) is 2. The van der Waals surface area contributed by atoms with Crippen molar-refractivity contribution in [2.24, 2.45) is 5.73 Å². The summed E-state index contributed by atoms with van der Waals surface area (Å²) in [5.41, 5.74) is 11.7. The summed E-state index contributed by atoms with van der Waals surface area (Å²) in [7, 11) is 0. The van der Waals surface area contributed by atoms with E-state index in [0.29, 0.717) is 18.8 Å². The number of carbonyl (C=O) groups is 1. The molecule has 134 valence electrons. The molecule has 2 aromatic heterocycles. The number of fused-ring (bicyclic) bond motifs is 1. The zero-order chi connectivity index (χ0) is 18.4. The molecular weight excluding hydrogens is 342 g/mol. The quantitative estimate of drug-likeness (QED) is 0.746. The van der Waals surface area contributed by atoms with Crippen LogP contribution in [0, 0.1) is 11.6 Å². The molecule has 1 atom stereocenters. The van der Waals surface area contributed by atoms with E-state index in [1.807, 2.05) is 4.90 Å². The summed E-state index contributed by atoms with van der Waals surface area (Å²) in [5, 5.41) is 4.01. The summed E-state index contributed by atoms with van der Waals surface area (Å²) < 4.78 is 29.2. The topological polar surface area (TPSA) is 103 Å². The van der Waals surface area contributed by atoms with Gasteiger partial charge in [0.2, 0.25) is 0 Å². The van der Waals surface area contributed by atoms with Gasteiger partial charge in [0, 0.05) is 18.3 Å². The normalized spacial score (nSPS) is 17.2. The smallest absolute Gasteiger partial charge is 0.256 e. The number of nitrogens with two attached hydrogens (primary N) is 2. The molecule has 1 amide bonds. The van der Waals surface area contributed by atoms with Crippen LogP contribution in [-0.4, -0.2) is 27.0 Å². The van der Waals surface area contributed by atoms with Crippen molar-refractivity contribution in [1.29, 1.82) is 0 Å². The highest BCUT2D eigenvalue weighted by atomic mass is 19.1. The number of anilines is 2. The largest absolute Gasteiger partial charge is 0.381 e. The summed E-state index contributed by atoms with van der Waals surface area (Å²) >= 11 is 0. The van der Waals surface area contributed by atoms with Crippen LogP contribution < -0.4 is 16.4 Å². The van der Waals surface area contributed by atoms with E-state index in [1.54, 1.807) is 12.3 Å². The summed E-state index contributed by atoms with van der Waals surface area (Å²) in [4.78, 5) is 18.0. The van der Waals surface area contributed by atoms with Crippen LogP contribution in [0.5, 0.6) is 0 Å². The average Bonchev–Trinajstić information content (AvgIpc) is 3.19. The molecule has 26 heavy (non-hydrogen) atoms. The van der Waals surface area contributed by atoms with Crippen molar-refractivity contribution in [3.05, 3.63) is 53.2 Å². The van der Waals surface area contributed by atoms with Crippen molar-refractivity contribution < 1.29 is 13.6 Å². The first-order valence-electron chi connectivity index (χ1n) is 8.12. The first kappa shape index (κ1) is 16.2. The minimum absolute atomic E-state index is 0.00343. The highest BCUT2D eigenvalue weighted by molar-refractivity contribution is 6.03. The number of primary amides is 1. The highest BCUT2D eigenvalue weighted by Crippen LogP contribution is 2.37. The SMILES string of the molecule is NC(=O)c1c(N)nn2ccc(N3CCCC3c3cc(F)ccc3F)nc12. The van der Waals surface area contributed by atoms with Gasteiger partial charge in [0.1, 0.15) is 23.0 Å². The molecule has 0 saturated carbocycles. The van der Waals surface area contributed by atoms with Crippen molar-refractivity contribution in [1.82, 2.24) is 14.6 Å². The molecule has 0 bridgehead atoms. The fraction of sp³-hybridized carbons (Fsp3) is 0.235. The van der Waals surface area contributed by atoms with Crippen molar-refractivity contribution in [3.63, 3.8) is 0 Å². The molecule has 1 aromatic carbocycles. The number of nitrogens with zero attached hydrogens (tertiary/aromatic N) is 4. The van der Waals surface area contributed by atoms with Crippen LogP contribution >= 0.6 is 0 Å². The Morgan fingerprint density at radius 2 is 2.08 bits per heavy atom. The number of hydrogen-bond acceptors (Lipinski definition) is 5. The molecule has 4 rings (SSSR count). The Labute approximate surface area is 147 Å². The van der Waals surface area contributed by atoms with Gasteiger partial charge in [-0.05, 0) is 37.1 Å². The van der Waals surface area contributed by atoms with Crippen LogP contribution in [-0.2, 0) is 0 Å². The van der Waals surface area contributed by atoms with Crippen molar-refractivity contribution in [2.75, 3.05) is 17.2 Å². The van der Waals surface area contributed by atoms with Crippen LogP contribution in [0.4, 0.5) is 20.4 Å². The van der Waals surface area contributed by atoms with E-state index in [9.17, 15) is 13.6 Å². The summed E-state index contributed by atoms with van der Waals surface area (Å²) in [5.74, 6) is -1.16. The minimum Gasteiger partial charge on any atom is -0.381 e. The Morgan fingerprint density at radius 1 is 1.27 bits per heavy atom. The van der Waals surface area contributed by atoms with Gasteiger partial charge in [-0.3, -0.25) is 4.79 Å². The molecule has 0 spiro atoms. The molecule has 4 N–H and O–H groups in total. The first-order valence-corrected chi connectivity index (χ1v) is 8.12. The van der Waals surface area contributed by atoms with Gasteiger partial charge in [0.25, 0.3) is 5.91 Å². The fourth-order valence-corrected chi connectivity index (χ4v) is 3.47. The molecule has 0 aliphatic carbocycles. The average molecular weight is 358 g/mol. The maximum Gasteiger partial charge on any atom is 0.256 e. The van der Waals surface area contributed by atoms with Crippen LogP contribution in [0.2, 0.25) is 0 Å². The van der Waals surface area contributed by atoms with Gasteiger partial charge in [-0.2, -0.15) is 0 Å². The zero-order valence-electron chi connectivity index (χ0n) is 13.7. The number of amides is 1. The van der Waals surface area contributed by atoms with Crippen LogP contribution in [0.1, 0.15) is 34.8 Å². The number of aromatic nitrogens is 3. The van der Waals surface area contributed by atoms with Crippen LogP contribution in [0.15, 0.2) is 30.5 Å². The van der Waals surface area contributed by atoms with Gasteiger partial charge in [0.15, 0.2) is 11.5 Å². The number of benzene rings is 1. The molecule has 7 nitrogen and oxygen atoms in total. The van der Waals surface area contributed by atoms with E-state index in [4.69, 9.17) is 11.5 Å². The van der Waals surface area contributed by atoms with Crippen molar-refractivity contribution in [3.8, 4) is 0 Å². The lowest BCUT2D eigenvalue weighted by atomic mass is 10.0. The Bertz CT molecular complexity index is 1020. The molecule has 1 saturated heterocycles. The molecular formula is C17H16F2N6O. The first-order chi connectivity index (χ1) is 12.5. The Kier molecular flexibility index (Phi) is 3.71. The molecule has 9 heteroatoms. The van der Waals surface area contributed by atoms with Gasteiger partial charge in [-0.15, -0.1) is 5.10 Å². The Hall–Kier alpha value is -3.23. The Balaban J connectivity index is 1.80. The second-order valence-corrected chi connectivity index (χ2v) is 6.20. The van der Waals surface area contributed by atoms with E-state index in [-0.39, 0.29) is 28.6 Å². The van der Waals surface area contributed by atoms with Gasteiger partial charge >= 0.3 is 0 Å². The summed E-state index contributed by atoms with van der Waals surface area (Å²) in [6, 6.07) is 4.78. The number of halogens is 2. The second kappa shape index (κ2) is 5.94. The van der Waals surface area contributed by atoms with E-state index in [2.05, 4.69) is 10.1 Å². The summed E-state index contributed by atoms with van der Waals surface area (Å²) in [6.07, 6.45) is 3.08. The molecule has 1 aliphatic heterocycles. The predicted octanol–water partition coefficient (Wildman–Crippen LogP) is 2.03. The van der Waals surface area contributed by atoms with Crippen molar-refractivity contribution >= 4 is 23.2 Å².